The van der Waals surface area contributed by atoms with E-state index in [4.69, 9.17) is 17.2 Å². The van der Waals surface area contributed by atoms with Crippen LogP contribution in [0.2, 0.25) is 0 Å². The van der Waals surface area contributed by atoms with E-state index in [0.29, 0.717) is 26.2 Å². The molecule has 0 aliphatic carbocycles. The Kier molecular flexibility index (Phi) is 14.8. The Morgan fingerprint density at radius 3 is 1.84 bits per heavy atom. The third-order valence-corrected chi connectivity index (χ3v) is 1.72. The Labute approximate surface area is 114 Å². The molecule has 7 nitrogen and oxygen atoms in total. The van der Waals surface area contributed by atoms with E-state index in [2.05, 4.69) is 5.32 Å². The first-order valence-corrected chi connectivity index (χ1v) is 6.24. The third kappa shape index (κ3) is 11.1. The summed E-state index contributed by atoms with van der Waals surface area (Å²) in [7, 11) is 0. The summed E-state index contributed by atoms with van der Waals surface area (Å²) >= 11 is 0. The SMILES string of the molecule is CC.NCCN.NCCNc1ccc([N+](=O)[O-])cc1. The molecule has 0 saturated heterocycles. The van der Waals surface area contributed by atoms with Crippen molar-refractivity contribution in [1.82, 2.24) is 0 Å². The Hall–Kier alpha value is -1.70. The van der Waals surface area contributed by atoms with Gasteiger partial charge in [-0.15, -0.1) is 0 Å². The topological polar surface area (TPSA) is 133 Å². The van der Waals surface area contributed by atoms with Gasteiger partial charge in [0.15, 0.2) is 0 Å². The Morgan fingerprint density at radius 2 is 1.53 bits per heavy atom. The minimum atomic E-state index is -0.424. The van der Waals surface area contributed by atoms with Crippen molar-refractivity contribution < 1.29 is 4.92 Å². The molecule has 0 saturated carbocycles. The summed E-state index contributed by atoms with van der Waals surface area (Å²) in [6, 6.07) is 6.24. The predicted octanol–water partition coefficient (Wildman–Crippen LogP) is 0.895. The molecule has 0 spiro atoms. The average molecular weight is 271 g/mol. The molecule has 7 N–H and O–H groups in total. The van der Waals surface area contributed by atoms with Gasteiger partial charge in [0.25, 0.3) is 5.69 Å². The largest absolute Gasteiger partial charge is 0.384 e. The highest BCUT2D eigenvalue weighted by molar-refractivity contribution is 5.48. The summed E-state index contributed by atoms with van der Waals surface area (Å²) in [6.07, 6.45) is 0. The fourth-order valence-corrected chi connectivity index (χ4v) is 0.918. The summed E-state index contributed by atoms with van der Waals surface area (Å²) in [4.78, 5) is 9.87. The number of hydrogen-bond acceptors (Lipinski definition) is 6. The standard InChI is InChI=1S/C8H11N3O2.C2H8N2.C2H6/c9-5-6-10-7-1-3-8(4-2-7)11(12)13;3-1-2-4;1-2/h1-4,10H,5-6,9H2;1-4H2;1-2H3. The minimum Gasteiger partial charge on any atom is -0.384 e. The zero-order valence-electron chi connectivity index (χ0n) is 11.6. The molecule has 0 unspecified atom stereocenters. The zero-order valence-corrected chi connectivity index (χ0v) is 11.6. The first-order chi connectivity index (χ1) is 9.15. The van der Waals surface area contributed by atoms with Gasteiger partial charge >= 0.3 is 0 Å². The molecule has 110 valence electrons. The molecule has 1 aromatic carbocycles. The minimum absolute atomic E-state index is 0.0956. The van der Waals surface area contributed by atoms with Crippen LogP contribution in [0.1, 0.15) is 13.8 Å². The molecule has 19 heavy (non-hydrogen) atoms. The van der Waals surface area contributed by atoms with Gasteiger partial charge in [-0.2, -0.15) is 0 Å². The van der Waals surface area contributed by atoms with Gasteiger partial charge in [-0.25, -0.2) is 0 Å². The first-order valence-electron chi connectivity index (χ1n) is 6.24. The number of anilines is 1. The lowest BCUT2D eigenvalue weighted by atomic mass is 10.3. The molecular formula is C12H25N5O2. The van der Waals surface area contributed by atoms with Crippen LogP contribution in [0.15, 0.2) is 24.3 Å². The van der Waals surface area contributed by atoms with Crippen molar-refractivity contribution in [2.75, 3.05) is 31.5 Å². The second kappa shape index (κ2) is 14.4. The van der Waals surface area contributed by atoms with E-state index < -0.39 is 4.92 Å². The Morgan fingerprint density at radius 1 is 1.05 bits per heavy atom. The number of nitro groups is 1. The number of benzene rings is 1. The van der Waals surface area contributed by atoms with E-state index in [1.54, 1.807) is 12.1 Å². The first kappa shape index (κ1) is 19.6. The van der Waals surface area contributed by atoms with E-state index in [1.807, 2.05) is 13.8 Å². The van der Waals surface area contributed by atoms with E-state index in [0.717, 1.165) is 5.69 Å². The van der Waals surface area contributed by atoms with Crippen molar-refractivity contribution in [2.45, 2.75) is 13.8 Å². The van der Waals surface area contributed by atoms with E-state index in [1.165, 1.54) is 12.1 Å². The summed E-state index contributed by atoms with van der Waals surface area (Å²) in [5, 5.41) is 13.3. The molecule has 0 fully saturated rings. The molecule has 0 aliphatic heterocycles. The van der Waals surface area contributed by atoms with Crippen LogP contribution in [-0.2, 0) is 0 Å². The smallest absolute Gasteiger partial charge is 0.269 e. The summed E-state index contributed by atoms with van der Waals surface area (Å²) < 4.78 is 0. The molecule has 0 radical (unpaired) electrons. The van der Waals surface area contributed by atoms with Gasteiger partial charge < -0.3 is 22.5 Å². The summed E-state index contributed by atoms with van der Waals surface area (Å²) in [5.74, 6) is 0. The van der Waals surface area contributed by atoms with Gasteiger partial charge in [0.05, 0.1) is 4.92 Å². The third-order valence-electron chi connectivity index (χ3n) is 1.72. The van der Waals surface area contributed by atoms with E-state index >= 15 is 0 Å². The van der Waals surface area contributed by atoms with Gasteiger partial charge in [-0.1, -0.05) is 13.8 Å². The quantitative estimate of drug-likeness (QED) is 0.464. The van der Waals surface area contributed by atoms with E-state index in [9.17, 15) is 10.1 Å². The van der Waals surface area contributed by atoms with Crippen LogP contribution in [0.25, 0.3) is 0 Å². The predicted molar refractivity (Wildman–Crippen MR) is 80.1 cm³/mol. The molecule has 7 heteroatoms. The molecule has 0 atom stereocenters. The molecule has 0 amide bonds. The normalized spacial score (nSPS) is 8.47. The summed E-state index contributed by atoms with van der Waals surface area (Å²) in [5.41, 5.74) is 16.0. The highest BCUT2D eigenvalue weighted by Gasteiger charge is 2.02. The fraction of sp³-hybridized carbons (Fsp3) is 0.500. The van der Waals surface area contributed by atoms with Crippen LogP contribution in [0.4, 0.5) is 11.4 Å². The number of nitrogens with one attached hydrogen (secondary N) is 1. The Balaban J connectivity index is 0. The van der Waals surface area contributed by atoms with E-state index in [-0.39, 0.29) is 5.69 Å². The van der Waals surface area contributed by atoms with Crippen molar-refractivity contribution in [3.63, 3.8) is 0 Å². The molecule has 0 bridgehead atoms. The Bertz CT molecular complexity index is 314. The lowest BCUT2D eigenvalue weighted by Gasteiger charge is -2.02. The van der Waals surface area contributed by atoms with Crippen molar-refractivity contribution in [3.8, 4) is 0 Å². The van der Waals surface area contributed by atoms with Crippen LogP contribution in [0.3, 0.4) is 0 Å². The number of hydrogen-bond donors (Lipinski definition) is 4. The lowest BCUT2D eigenvalue weighted by molar-refractivity contribution is -0.384. The van der Waals surface area contributed by atoms with Crippen molar-refractivity contribution in [3.05, 3.63) is 34.4 Å². The zero-order chi connectivity index (χ0) is 15.1. The highest BCUT2D eigenvalue weighted by Crippen LogP contribution is 2.14. The van der Waals surface area contributed by atoms with Crippen LogP contribution in [-0.4, -0.2) is 31.1 Å². The second-order valence-corrected chi connectivity index (χ2v) is 3.10. The maximum atomic E-state index is 10.3. The molecule has 0 aromatic heterocycles. The van der Waals surface area contributed by atoms with Crippen LogP contribution in [0, 0.1) is 10.1 Å². The molecule has 0 aliphatic rings. The van der Waals surface area contributed by atoms with Crippen molar-refractivity contribution in [1.29, 1.82) is 0 Å². The van der Waals surface area contributed by atoms with Crippen LogP contribution < -0.4 is 22.5 Å². The second-order valence-electron chi connectivity index (χ2n) is 3.10. The van der Waals surface area contributed by atoms with Crippen LogP contribution in [0.5, 0.6) is 0 Å². The number of nitro benzene ring substituents is 1. The number of rotatable bonds is 5. The van der Waals surface area contributed by atoms with Gasteiger partial charge in [0, 0.05) is 44.0 Å². The van der Waals surface area contributed by atoms with Crippen molar-refractivity contribution in [2.24, 2.45) is 17.2 Å². The lowest BCUT2D eigenvalue weighted by Crippen LogP contribution is -2.12. The number of nitrogens with zero attached hydrogens (tertiary/aromatic N) is 1. The van der Waals surface area contributed by atoms with Gasteiger partial charge in [0.1, 0.15) is 0 Å². The van der Waals surface area contributed by atoms with Gasteiger partial charge in [0.2, 0.25) is 0 Å². The average Bonchev–Trinajstić information content (AvgIpc) is 2.48. The molecule has 1 rings (SSSR count). The molecular weight excluding hydrogens is 246 g/mol. The number of non-ortho nitro benzene ring substituents is 1. The van der Waals surface area contributed by atoms with Gasteiger partial charge in [-0.05, 0) is 12.1 Å². The molecule has 0 heterocycles. The number of nitrogens with two attached hydrogens (primary N) is 3. The van der Waals surface area contributed by atoms with Crippen LogP contribution >= 0.6 is 0 Å². The maximum absolute atomic E-state index is 10.3. The molecule has 1 aromatic rings. The summed E-state index contributed by atoms with van der Waals surface area (Å²) in [6.45, 7) is 6.40. The van der Waals surface area contributed by atoms with Gasteiger partial charge in [-0.3, -0.25) is 10.1 Å². The maximum Gasteiger partial charge on any atom is 0.269 e. The fourth-order valence-electron chi connectivity index (χ4n) is 0.918. The monoisotopic (exact) mass is 271 g/mol. The highest BCUT2D eigenvalue weighted by atomic mass is 16.6. The van der Waals surface area contributed by atoms with Crippen molar-refractivity contribution >= 4 is 11.4 Å².